The monoisotopic (exact) mass is 257 g/mol. The van der Waals surface area contributed by atoms with E-state index < -0.39 is 11.7 Å². The molecule has 0 amide bonds. The first-order valence-electron chi connectivity index (χ1n) is 5.42. The van der Waals surface area contributed by atoms with Crippen LogP contribution >= 0.6 is 0 Å². The van der Waals surface area contributed by atoms with Crippen molar-refractivity contribution in [3.8, 4) is 6.07 Å². The molecule has 0 unspecified atom stereocenters. The molecule has 0 aromatic heterocycles. The molecule has 0 radical (unpaired) electrons. The average molecular weight is 257 g/mol. The summed E-state index contributed by atoms with van der Waals surface area (Å²) in [6.45, 7) is 1.14. The minimum Gasteiger partial charge on any atom is -0.375 e. The maximum atomic E-state index is 12.6. The second-order valence-corrected chi connectivity index (χ2v) is 3.90. The van der Waals surface area contributed by atoms with Gasteiger partial charge in [-0.25, -0.2) is 0 Å². The highest BCUT2D eigenvalue weighted by Gasteiger charge is 2.33. The van der Waals surface area contributed by atoms with Gasteiger partial charge in [-0.3, -0.25) is 0 Å². The lowest BCUT2D eigenvalue weighted by molar-refractivity contribution is -0.137. The van der Waals surface area contributed by atoms with Gasteiger partial charge in [-0.15, -0.1) is 0 Å². The molecule has 98 valence electrons. The molecule has 0 aliphatic rings. The third-order valence-electron chi connectivity index (χ3n) is 2.57. The van der Waals surface area contributed by atoms with E-state index in [1.165, 1.54) is 12.1 Å². The van der Waals surface area contributed by atoms with Crippen molar-refractivity contribution in [2.24, 2.45) is 5.73 Å². The molecule has 2 N–H and O–H groups in total. The number of hydrogen-bond donors (Lipinski definition) is 1. The minimum absolute atomic E-state index is 0.361. The molecular formula is C12H14F3N3. The molecular weight excluding hydrogens is 243 g/mol. The molecule has 3 nitrogen and oxygen atoms in total. The van der Waals surface area contributed by atoms with E-state index in [1.54, 1.807) is 18.0 Å². The topological polar surface area (TPSA) is 53.0 Å². The van der Waals surface area contributed by atoms with Crippen molar-refractivity contribution in [1.82, 2.24) is 0 Å². The van der Waals surface area contributed by atoms with Crippen molar-refractivity contribution in [3.63, 3.8) is 0 Å². The average Bonchev–Trinajstić information content (AvgIpc) is 2.33. The molecule has 0 atom stereocenters. The molecule has 0 bridgehead atoms. The van der Waals surface area contributed by atoms with Crippen LogP contribution in [0.25, 0.3) is 0 Å². The van der Waals surface area contributed by atoms with Gasteiger partial charge in [0, 0.05) is 19.3 Å². The van der Waals surface area contributed by atoms with Crippen molar-refractivity contribution >= 4 is 5.69 Å². The van der Waals surface area contributed by atoms with Crippen LogP contribution in [0.15, 0.2) is 18.2 Å². The van der Waals surface area contributed by atoms with Gasteiger partial charge in [0.15, 0.2) is 0 Å². The van der Waals surface area contributed by atoms with Crippen LogP contribution in [0.3, 0.4) is 0 Å². The summed E-state index contributed by atoms with van der Waals surface area (Å²) in [6.07, 6.45) is -3.77. The van der Waals surface area contributed by atoms with E-state index in [9.17, 15) is 13.2 Å². The molecule has 0 heterocycles. The van der Waals surface area contributed by atoms with Crippen molar-refractivity contribution in [3.05, 3.63) is 29.3 Å². The Kier molecular flexibility index (Phi) is 4.56. The Morgan fingerprint density at radius 2 is 2.06 bits per heavy atom. The molecule has 0 spiro atoms. The van der Waals surface area contributed by atoms with Gasteiger partial charge in [0.2, 0.25) is 0 Å². The quantitative estimate of drug-likeness (QED) is 0.900. The first-order chi connectivity index (χ1) is 8.40. The zero-order valence-electron chi connectivity index (χ0n) is 9.96. The van der Waals surface area contributed by atoms with Gasteiger partial charge >= 0.3 is 6.18 Å². The molecule has 0 saturated heterocycles. The number of nitrogens with two attached hydrogens (primary N) is 1. The molecule has 1 aromatic carbocycles. The predicted octanol–water partition coefficient (Wildman–Crippen LogP) is 2.36. The highest BCUT2D eigenvalue weighted by atomic mass is 19.4. The van der Waals surface area contributed by atoms with Crippen molar-refractivity contribution in [2.75, 3.05) is 25.0 Å². The number of hydrogen-bond acceptors (Lipinski definition) is 3. The molecule has 18 heavy (non-hydrogen) atoms. The molecule has 0 fully saturated rings. The second-order valence-electron chi connectivity index (χ2n) is 3.90. The third-order valence-corrected chi connectivity index (χ3v) is 2.57. The summed E-state index contributed by atoms with van der Waals surface area (Å²) in [5.74, 6) is 0. The summed E-state index contributed by atoms with van der Waals surface area (Å²) in [5.41, 5.74) is 4.68. The normalized spacial score (nSPS) is 11.1. The maximum Gasteiger partial charge on any atom is 0.417 e. The Labute approximate surface area is 104 Å². The number of nitriles is 1. The molecule has 6 heteroatoms. The standard InChI is InChI=1S/C12H14F3N3/c1-18(6-2-5-16)10-3-4-11(12(13,14)15)9(7-10)8-17/h3-4,7H,2,5-6,16H2,1H3. The molecule has 0 aliphatic carbocycles. The van der Waals surface area contributed by atoms with E-state index >= 15 is 0 Å². The first-order valence-corrected chi connectivity index (χ1v) is 5.42. The number of anilines is 1. The van der Waals surface area contributed by atoms with Gasteiger partial charge in [0.05, 0.1) is 17.2 Å². The van der Waals surface area contributed by atoms with Gasteiger partial charge in [0.25, 0.3) is 0 Å². The van der Waals surface area contributed by atoms with Gasteiger partial charge in [-0.1, -0.05) is 0 Å². The summed E-state index contributed by atoms with van der Waals surface area (Å²) in [6, 6.07) is 5.13. The van der Waals surface area contributed by atoms with E-state index in [-0.39, 0.29) is 5.56 Å². The van der Waals surface area contributed by atoms with E-state index in [0.717, 1.165) is 12.5 Å². The van der Waals surface area contributed by atoms with Crippen LogP contribution in [-0.4, -0.2) is 20.1 Å². The lowest BCUT2D eigenvalue weighted by Gasteiger charge is -2.20. The fourth-order valence-electron chi connectivity index (χ4n) is 1.57. The molecule has 1 aromatic rings. The zero-order valence-corrected chi connectivity index (χ0v) is 9.96. The third kappa shape index (κ3) is 3.37. The summed E-state index contributed by atoms with van der Waals surface area (Å²) in [7, 11) is 1.75. The SMILES string of the molecule is CN(CCCN)c1ccc(C(F)(F)F)c(C#N)c1. The van der Waals surface area contributed by atoms with Gasteiger partial charge in [0.1, 0.15) is 0 Å². The number of nitrogens with zero attached hydrogens (tertiary/aromatic N) is 2. The highest BCUT2D eigenvalue weighted by Crippen LogP contribution is 2.33. The zero-order chi connectivity index (χ0) is 13.8. The summed E-state index contributed by atoms with van der Waals surface area (Å²) in [4.78, 5) is 1.77. The highest BCUT2D eigenvalue weighted by molar-refractivity contribution is 5.54. The molecule has 1 rings (SSSR count). The smallest absolute Gasteiger partial charge is 0.375 e. The van der Waals surface area contributed by atoms with Crippen molar-refractivity contribution < 1.29 is 13.2 Å². The summed E-state index contributed by atoms with van der Waals surface area (Å²) in [5, 5.41) is 8.78. The fourth-order valence-corrected chi connectivity index (χ4v) is 1.57. The Morgan fingerprint density at radius 1 is 1.39 bits per heavy atom. The predicted molar refractivity (Wildman–Crippen MR) is 63.1 cm³/mol. The summed E-state index contributed by atoms with van der Waals surface area (Å²) >= 11 is 0. The Morgan fingerprint density at radius 3 is 2.56 bits per heavy atom. The Hall–Kier alpha value is -1.74. The lowest BCUT2D eigenvalue weighted by atomic mass is 10.1. The number of halogens is 3. The van der Waals surface area contributed by atoms with Crippen LogP contribution < -0.4 is 10.6 Å². The molecule has 0 saturated carbocycles. The van der Waals surface area contributed by atoms with Gasteiger partial charge in [-0.2, -0.15) is 18.4 Å². The number of benzene rings is 1. The van der Waals surface area contributed by atoms with Crippen LogP contribution in [0.2, 0.25) is 0 Å². The van der Waals surface area contributed by atoms with Crippen molar-refractivity contribution in [2.45, 2.75) is 12.6 Å². The Balaban J connectivity index is 3.03. The maximum absolute atomic E-state index is 12.6. The van der Waals surface area contributed by atoms with Crippen LogP contribution in [0, 0.1) is 11.3 Å². The van der Waals surface area contributed by atoms with Gasteiger partial charge in [-0.05, 0) is 31.2 Å². The van der Waals surface area contributed by atoms with Gasteiger partial charge < -0.3 is 10.6 Å². The second kappa shape index (κ2) is 5.74. The number of rotatable bonds is 4. The van der Waals surface area contributed by atoms with E-state index in [2.05, 4.69) is 0 Å². The van der Waals surface area contributed by atoms with Crippen LogP contribution in [0.1, 0.15) is 17.5 Å². The van der Waals surface area contributed by atoms with Crippen LogP contribution in [0.4, 0.5) is 18.9 Å². The van der Waals surface area contributed by atoms with Crippen LogP contribution in [-0.2, 0) is 6.18 Å². The van der Waals surface area contributed by atoms with Crippen LogP contribution in [0.5, 0.6) is 0 Å². The lowest BCUT2D eigenvalue weighted by Crippen LogP contribution is -2.21. The van der Waals surface area contributed by atoms with Crippen molar-refractivity contribution in [1.29, 1.82) is 5.26 Å². The number of alkyl halides is 3. The minimum atomic E-state index is -4.50. The summed E-state index contributed by atoms with van der Waals surface area (Å²) < 4.78 is 37.8. The van der Waals surface area contributed by atoms with E-state index in [4.69, 9.17) is 11.0 Å². The Bertz CT molecular complexity index is 449. The molecule has 0 aliphatic heterocycles. The first kappa shape index (κ1) is 14.3. The fraction of sp³-hybridized carbons (Fsp3) is 0.417. The van der Waals surface area contributed by atoms with E-state index in [0.29, 0.717) is 18.8 Å². The van der Waals surface area contributed by atoms with E-state index in [1.807, 2.05) is 0 Å². The largest absolute Gasteiger partial charge is 0.417 e.